The van der Waals surface area contributed by atoms with Gasteiger partial charge in [0.15, 0.2) is 11.5 Å². The van der Waals surface area contributed by atoms with E-state index in [9.17, 15) is 8.42 Å². The lowest BCUT2D eigenvalue weighted by Crippen LogP contribution is -2.18. The smallest absolute Gasteiger partial charge is 0.276 e. The Hall–Kier alpha value is -4.04. The molecule has 0 bridgehead atoms. The summed E-state index contributed by atoms with van der Waals surface area (Å²) >= 11 is 0. The van der Waals surface area contributed by atoms with Gasteiger partial charge in [-0.2, -0.15) is 13.5 Å². The van der Waals surface area contributed by atoms with Crippen LogP contribution in [0.2, 0.25) is 0 Å². The number of hydrazone groups is 1. The Kier molecular flexibility index (Phi) is 7.98. The van der Waals surface area contributed by atoms with Crippen molar-refractivity contribution in [3.05, 3.63) is 101 Å². The van der Waals surface area contributed by atoms with Gasteiger partial charge >= 0.3 is 0 Å². The summed E-state index contributed by atoms with van der Waals surface area (Å²) in [5, 5.41) is 4.94. The van der Waals surface area contributed by atoms with Crippen LogP contribution in [0.5, 0.6) is 11.5 Å². The fraction of sp³-hybridized carbons (Fsp3) is 0.207. The number of allylic oxidation sites excluding steroid dienone is 2. The SMILES string of the molecule is C/C=C(\C)Cn1c(/C=N/NS(=O)(=O)c2ccc(C)cc2)cc2c(OCc3ccccc3)c(OC)ccc21. The van der Waals surface area contributed by atoms with Gasteiger partial charge in [0.25, 0.3) is 10.0 Å². The summed E-state index contributed by atoms with van der Waals surface area (Å²) in [4.78, 5) is 2.48. The van der Waals surface area contributed by atoms with Crippen molar-refractivity contribution in [1.29, 1.82) is 0 Å². The molecular formula is C29H31N3O4S. The average molecular weight is 518 g/mol. The lowest BCUT2D eigenvalue weighted by atomic mass is 10.2. The van der Waals surface area contributed by atoms with Gasteiger partial charge in [0.1, 0.15) is 6.61 Å². The molecule has 4 aromatic rings. The summed E-state index contributed by atoms with van der Waals surface area (Å²) in [7, 11) is -2.18. The van der Waals surface area contributed by atoms with Crippen LogP contribution in [0, 0.1) is 6.92 Å². The number of fused-ring (bicyclic) bond motifs is 1. The molecule has 0 aliphatic rings. The number of nitrogens with one attached hydrogen (secondary N) is 1. The molecule has 8 heteroatoms. The van der Waals surface area contributed by atoms with Gasteiger partial charge in [0.2, 0.25) is 0 Å². The predicted molar refractivity (Wildman–Crippen MR) is 148 cm³/mol. The fourth-order valence-electron chi connectivity index (χ4n) is 3.90. The van der Waals surface area contributed by atoms with E-state index in [4.69, 9.17) is 9.47 Å². The molecule has 0 saturated heterocycles. The van der Waals surface area contributed by atoms with Crippen molar-refractivity contribution < 1.29 is 17.9 Å². The van der Waals surface area contributed by atoms with E-state index in [2.05, 4.69) is 14.5 Å². The average Bonchev–Trinajstić information content (AvgIpc) is 3.24. The van der Waals surface area contributed by atoms with E-state index in [1.807, 2.05) is 75.4 Å². The van der Waals surface area contributed by atoms with Gasteiger partial charge in [-0.3, -0.25) is 0 Å². The number of benzene rings is 3. The first-order chi connectivity index (χ1) is 17.8. The van der Waals surface area contributed by atoms with Gasteiger partial charge in [-0.05, 0) is 56.7 Å². The summed E-state index contributed by atoms with van der Waals surface area (Å²) < 4.78 is 39.3. The Morgan fingerprint density at radius 3 is 2.46 bits per heavy atom. The molecule has 0 spiro atoms. The van der Waals surface area contributed by atoms with Crippen LogP contribution >= 0.6 is 0 Å². The van der Waals surface area contributed by atoms with E-state index in [-0.39, 0.29) is 4.90 Å². The Labute approximate surface area is 218 Å². The van der Waals surface area contributed by atoms with Gasteiger partial charge < -0.3 is 14.0 Å². The summed E-state index contributed by atoms with van der Waals surface area (Å²) in [5.74, 6) is 1.24. The molecule has 1 N–H and O–H groups in total. The van der Waals surface area contributed by atoms with E-state index in [0.29, 0.717) is 24.7 Å². The van der Waals surface area contributed by atoms with Crippen molar-refractivity contribution in [2.45, 2.75) is 38.8 Å². The highest BCUT2D eigenvalue weighted by Gasteiger charge is 2.17. The molecule has 0 atom stereocenters. The molecule has 0 aliphatic carbocycles. The summed E-state index contributed by atoms with van der Waals surface area (Å²) in [6.07, 6.45) is 3.56. The highest BCUT2D eigenvalue weighted by molar-refractivity contribution is 7.89. The zero-order valence-electron chi connectivity index (χ0n) is 21.4. The zero-order valence-corrected chi connectivity index (χ0v) is 22.2. The standard InChI is InChI=1S/C29H31N3O4S/c1-5-21(2)19-32-24(18-30-31-37(33,34)25-13-11-22(3)12-14-25)17-26-27(32)15-16-28(35-4)29(26)36-20-23-9-7-6-8-10-23/h5-18,31H,19-20H2,1-4H3/b21-5+,30-18+. The second-order valence-electron chi connectivity index (χ2n) is 8.76. The molecule has 1 heterocycles. The lowest BCUT2D eigenvalue weighted by molar-refractivity contribution is 0.288. The predicted octanol–water partition coefficient (Wildman–Crippen LogP) is 5.82. The van der Waals surface area contributed by atoms with E-state index in [0.717, 1.165) is 33.3 Å². The van der Waals surface area contributed by atoms with Gasteiger partial charge in [-0.25, -0.2) is 4.83 Å². The molecule has 4 rings (SSSR count). The zero-order chi connectivity index (χ0) is 26.4. The van der Waals surface area contributed by atoms with E-state index in [1.54, 1.807) is 31.4 Å². The minimum absolute atomic E-state index is 0.155. The monoisotopic (exact) mass is 517 g/mol. The Balaban J connectivity index is 1.71. The molecule has 0 fully saturated rings. The maximum Gasteiger partial charge on any atom is 0.276 e. The van der Waals surface area contributed by atoms with Gasteiger partial charge in [0.05, 0.1) is 29.4 Å². The summed E-state index contributed by atoms with van der Waals surface area (Å²) in [5.41, 5.74) is 4.81. The van der Waals surface area contributed by atoms with E-state index >= 15 is 0 Å². The number of rotatable bonds is 10. The van der Waals surface area contributed by atoms with Gasteiger partial charge in [-0.15, -0.1) is 0 Å². The van der Waals surface area contributed by atoms with Crippen molar-refractivity contribution in [3.8, 4) is 11.5 Å². The van der Waals surface area contributed by atoms with Crippen molar-refractivity contribution in [2.75, 3.05) is 7.11 Å². The molecule has 192 valence electrons. The molecule has 3 aromatic carbocycles. The number of ether oxygens (including phenoxy) is 2. The third-order valence-corrected chi connectivity index (χ3v) is 7.32. The summed E-state index contributed by atoms with van der Waals surface area (Å²) in [6, 6.07) is 22.3. The van der Waals surface area contributed by atoms with Crippen LogP contribution in [0.4, 0.5) is 0 Å². The Morgan fingerprint density at radius 2 is 1.78 bits per heavy atom. The van der Waals surface area contributed by atoms with Crippen LogP contribution in [0.3, 0.4) is 0 Å². The van der Waals surface area contributed by atoms with E-state index in [1.165, 1.54) is 6.21 Å². The first-order valence-electron chi connectivity index (χ1n) is 11.9. The number of sulfonamides is 1. The van der Waals surface area contributed by atoms with Crippen molar-refractivity contribution in [1.82, 2.24) is 9.40 Å². The van der Waals surface area contributed by atoms with Crippen molar-refractivity contribution in [2.24, 2.45) is 5.10 Å². The van der Waals surface area contributed by atoms with Crippen LogP contribution in [-0.2, 0) is 23.2 Å². The number of hydrogen-bond donors (Lipinski definition) is 1. The quantitative estimate of drug-likeness (QED) is 0.163. The maximum atomic E-state index is 12.7. The van der Waals surface area contributed by atoms with Gasteiger partial charge in [0, 0.05) is 11.9 Å². The van der Waals surface area contributed by atoms with Gasteiger partial charge in [-0.1, -0.05) is 59.7 Å². The largest absolute Gasteiger partial charge is 0.493 e. The third-order valence-electron chi connectivity index (χ3n) is 6.08. The molecule has 0 radical (unpaired) electrons. The number of hydrogen-bond acceptors (Lipinski definition) is 5. The normalized spacial score (nSPS) is 12.3. The van der Waals surface area contributed by atoms with Crippen molar-refractivity contribution in [3.63, 3.8) is 0 Å². The molecule has 37 heavy (non-hydrogen) atoms. The third kappa shape index (κ3) is 6.03. The second-order valence-corrected chi connectivity index (χ2v) is 10.4. The molecule has 1 aromatic heterocycles. The van der Waals surface area contributed by atoms with Crippen LogP contribution < -0.4 is 14.3 Å². The second kappa shape index (κ2) is 11.3. The van der Waals surface area contributed by atoms with Crippen molar-refractivity contribution >= 4 is 27.1 Å². The maximum absolute atomic E-state index is 12.7. The number of nitrogens with zero attached hydrogens (tertiary/aromatic N) is 2. The molecule has 0 amide bonds. The molecule has 0 aliphatic heterocycles. The molecular weight excluding hydrogens is 486 g/mol. The van der Waals surface area contributed by atoms with E-state index < -0.39 is 10.0 Å². The van der Waals surface area contributed by atoms with Crippen LogP contribution in [-0.4, -0.2) is 26.3 Å². The number of aryl methyl sites for hydroxylation is 1. The Bertz CT molecular complexity index is 1540. The minimum atomic E-state index is -3.79. The molecule has 0 unspecified atom stereocenters. The minimum Gasteiger partial charge on any atom is -0.493 e. The topological polar surface area (TPSA) is 81.9 Å². The molecule has 0 saturated carbocycles. The summed E-state index contributed by atoms with van der Waals surface area (Å²) in [6.45, 7) is 6.93. The first-order valence-corrected chi connectivity index (χ1v) is 13.4. The number of aromatic nitrogens is 1. The highest BCUT2D eigenvalue weighted by atomic mass is 32.2. The number of methoxy groups -OCH3 is 1. The van der Waals surface area contributed by atoms with Crippen LogP contribution in [0.15, 0.2) is 94.4 Å². The van der Waals surface area contributed by atoms with Crippen LogP contribution in [0.25, 0.3) is 10.9 Å². The molecule has 7 nitrogen and oxygen atoms in total. The first kappa shape index (κ1) is 26.0. The fourth-order valence-corrected chi connectivity index (χ4v) is 4.70. The van der Waals surface area contributed by atoms with Crippen LogP contribution in [0.1, 0.15) is 30.7 Å². The highest BCUT2D eigenvalue weighted by Crippen LogP contribution is 2.38. The Morgan fingerprint density at radius 1 is 1.05 bits per heavy atom. The lowest BCUT2D eigenvalue weighted by Gasteiger charge is -2.13.